The van der Waals surface area contributed by atoms with Gasteiger partial charge in [0.2, 0.25) is 5.91 Å². The van der Waals surface area contributed by atoms with E-state index >= 15 is 0 Å². The maximum absolute atomic E-state index is 12.8. The lowest BCUT2D eigenvalue weighted by molar-refractivity contribution is -0.384. The third-order valence-corrected chi connectivity index (χ3v) is 6.01. The molecule has 2 heterocycles. The zero-order valence-electron chi connectivity index (χ0n) is 17.6. The number of benzene rings is 2. The van der Waals surface area contributed by atoms with Crippen molar-refractivity contribution in [1.29, 1.82) is 0 Å². The summed E-state index contributed by atoms with van der Waals surface area (Å²) in [6, 6.07) is 10.0. The van der Waals surface area contributed by atoms with Crippen molar-refractivity contribution in [1.82, 2.24) is 4.90 Å². The molecule has 0 radical (unpaired) electrons. The largest absolute Gasteiger partial charge is 0.486 e. The molecule has 2 aromatic rings. The Morgan fingerprint density at radius 3 is 2.65 bits per heavy atom. The van der Waals surface area contributed by atoms with Crippen LogP contribution in [0.5, 0.6) is 5.75 Å². The van der Waals surface area contributed by atoms with Gasteiger partial charge in [-0.05, 0) is 42.7 Å². The normalized spacial score (nSPS) is 17.5. The molecule has 0 bridgehead atoms. The topological polar surface area (TPSA) is 89.8 Å². The minimum atomic E-state index is -0.565. The molecule has 0 saturated carbocycles. The molecule has 1 spiro atoms. The van der Waals surface area contributed by atoms with Gasteiger partial charge in [-0.2, -0.15) is 0 Å². The van der Waals surface area contributed by atoms with Crippen LogP contribution in [-0.4, -0.2) is 40.2 Å². The van der Waals surface area contributed by atoms with Crippen LogP contribution in [0.1, 0.15) is 46.3 Å². The molecule has 31 heavy (non-hydrogen) atoms. The molecule has 4 rings (SSSR count). The lowest BCUT2D eigenvalue weighted by Crippen LogP contribution is -2.52. The number of amides is 1. The number of hydrogen-bond acceptors (Lipinski definition) is 5. The van der Waals surface area contributed by atoms with E-state index in [-0.39, 0.29) is 17.4 Å². The molecule has 1 saturated heterocycles. The second-order valence-electron chi connectivity index (χ2n) is 8.35. The quantitative estimate of drug-likeness (QED) is 0.421. The smallest absolute Gasteiger partial charge is 0.270 e. The van der Waals surface area contributed by atoms with E-state index in [9.17, 15) is 19.7 Å². The standard InChI is InChI=1S/C24H24N2O5/c1-16-12-17(2)23-20(13-16)21(27)15-24(31-23)8-10-25(11-9-24)22(28)7-6-18-4-3-5-19(14-18)26(29)30/h3-7,12-14H,8-11,15H2,1-2H3/b7-6+. The number of ether oxygens (including phenoxy) is 1. The van der Waals surface area contributed by atoms with Gasteiger partial charge in [0.25, 0.3) is 5.69 Å². The van der Waals surface area contributed by atoms with Crippen molar-refractivity contribution >= 4 is 23.5 Å². The van der Waals surface area contributed by atoms with E-state index < -0.39 is 10.5 Å². The summed E-state index contributed by atoms with van der Waals surface area (Å²) in [7, 11) is 0. The van der Waals surface area contributed by atoms with Crippen LogP contribution in [0.25, 0.3) is 6.08 Å². The molecule has 160 valence electrons. The molecule has 7 heteroatoms. The fourth-order valence-electron chi connectivity index (χ4n) is 4.37. The number of nitro groups is 1. The van der Waals surface area contributed by atoms with Crippen LogP contribution < -0.4 is 4.74 Å². The Bertz CT molecular complexity index is 1100. The van der Waals surface area contributed by atoms with Gasteiger partial charge in [0.05, 0.1) is 16.9 Å². The molecule has 0 aliphatic carbocycles. The van der Waals surface area contributed by atoms with Gasteiger partial charge in [0, 0.05) is 44.1 Å². The van der Waals surface area contributed by atoms with Gasteiger partial charge in [-0.1, -0.05) is 18.2 Å². The molecular formula is C24H24N2O5. The van der Waals surface area contributed by atoms with E-state index in [1.54, 1.807) is 23.1 Å². The lowest BCUT2D eigenvalue weighted by Gasteiger charge is -2.44. The minimum Gasteiger partial charge on any atom is -0.486 e. The highest BCUT2D eigenvalue weighted by atomic mass is 16.6. The Labute approximate surface area is 180 Å². The first-order chi connectivity index (χ1) is 14.8. The van der Waals surface area contributed by atoms with E-state index in [1.165, 1.54) is 18.2 Å². The maximum Gasteiger partial charge on any atom is 0.270 e. The molecule has 1 amide bonds. The van der Waals surface area contributed by atoms with Crippen molar-refractivity contribution in [2.45, 2.75) is 38.7 Å². The summed E-state index contributed by atoms with van der Waals surface area (Å²) in [5.74, 6) is 0.612. The van der Waals surface area contributed by atoms with Crippen LogP contribution in [0, 0.1) is 24.0 Å². The Kier molecular flexibility index (Phi) is 5.35. The van der Waals surface area contributed by atoms with Crippen molar-refractivity contribution in [3.05, 3.63) is 74.8 Å². The number of Topliss-reactive ketones (excluding diaryl/α,β-unsaturated/α-hetero) is 1. The maximum atomic E-state index is 12.8. The van der Waals surface area contributed by atoms with Gasteiger partial charge < -0.3 is 9.64 Å². The van der Waals surface area contributed by atoms with Gasteiger partial charge in [-0.3, -0.25) is 19.7 Å². The van der Waals surface area contributed by atoms with Crippen LogP contribution in [0.4, 0.5) is 5.69 Å². The Balaban J connectivity index is 1.43. The molecule has 2 aromatic carbocycles. The van der Waals surface area contributed by atoms with Crippen LogP contribution in [0.2, 0.25) is 0 Å². The third-order valence-electron chi connectivity index (χ3n) is 6.01. The monoisotopic (exact) mass is 420 g/mol. The van der Waals surface area contributed by atoms with Crippen LogP contribution in [0.3, 0.4) is 0 Å². The van der Waals surface area contributed by atoms with Crippen LogP contribution in [0.15, 0.2) is 42.5 Å². The number of fused-ring (bicyclic) bond motifs is 1. The number of rotatable bonds is 3. The first kappa shape index (κ1) is 20.8. The predicted octanol–water partition coefficient (Wildman–Crippen LogP) is 4.25. The molecule has 2 aliphatic rings. The Hall–Kier alpha value is -3.48. The molecular weight excluding hydrogens is 396 g/mol. The number of nitro benzene ring substituents is 1. The summed E-state index contributed by atoms with van der Waals surface area (Å²) >= 11 is 0. The fourth-order valence-corrected chi connectivity index (χ4v) is 4.37. The van der Waals surface area contributed by atoms with Crippen molar-refractivity contribution < 1.29 is 19.2 Å². The number of carbonyl (C=O) groups excluding carboxylic acids is 2. The van der Waals surface area contributed by atoms with Crippen molar-refractivity contribution in [2.75, 3.05) is 13.1 Å². The number of hydrogen-bond donors (Lipinski definition) is 0. The van der Waals surface area contributed by atoms with Gasteiger partial charge in [-0.25, -0.2) is 0 Å². The van der Waals surface area contributed by atoms with E-state index in [0.717, 1.165) is 11.1 Å². The van der Waals surface area contributed by atoms with Gasteiger partial charge in [-0.15, -0.1) is 0 Å². The third kappa shape index (κ3) is 4.21. The zero-order valence-corrected chi connectivity index (χ0v) is 17.6. The average Bonchev–Trinajstić information content (AvgIpc) is 2.74. The lowest BCUT2D eigenvalue weighted by atomic mass is 9.81. The zero-order chi connectivity index (χ0) is 22.2. The highest BCUT2D eigenvalue weighted by Crippen LogP contribution is 2.41. The van der Waals surface area contributed by atoms with Gasteiger partial charge >= 0.3 is 0 Å². The van der Waals surface area contributed by atoms with Crippen molar-refractivity contribution in [3.63, 3.8) is 0 Å². The van der Waals surface area contributed by atoms with E-state index in [2.05, 4.69) is 0 Å². The summed E-state index contributed by atoms with van der Waals surface area (Å²) in [6.07, 6.45) is 4.52. The fraction of sp³-hybridized carbons (Fsp3) is 0.333. The first-order valence-corrected chi connectivity index (χ1v) is 10.3. The molecule has 0 atom stereocenters. The summed E-state index contributed by atoms with van der Waals surface area (Å²) in [5.41, 5.74) is 2.67. The second-order valence-corrected chi connectivity index (χ2v) is 8.35. The number of ketones is 1. The van der Waals surface area contributed by atoms with Crippen molar-refractivity contribution in [3.8, 4) is 5.75 Å². The summed E-state index contributed by atoms with van der Waals surface area (Å²) in [5, 5.41) is 10.9. The van der Waals surface area contributed by atoms with Crippen molar-refractivity contribution in [2.24, 2.45) is 0 Å². The number of likely N-dealkylation sites (tertiary alicyclic amines) is 1. The summed E-state index contributed by atoms with van der Waals surface area (Å²) < 4.78 is 6.37. The number of carbonyl (C=O) groups is 2. The number of nitrogens with zero attached hydrogens (tertiary/aromatic N) is 2. The predicted molar refractivity (Wildman–Crippen MR) is 116 cm³/mol. The van der Waals surface area contributed by atoms with Crippen LogP contribution >= 0.6 is 0 Å². The molecule has 1 fully saturated rings. The van der Waals surface area contributed by atoms with Gasteiger partial charge in [0.15, 0.2) is 5.78 Å². The molecule has 2 aliphatic heterocycles. The number of non-ortho nitro benzene ring substituents is 1. The highest BCUT2D eigenvalue weighted by Gasteiger charge is 2.44. The molecule has 0 N–H and O–H groups in total. The summed E-state index contributed by atoms with van der Waals surface area (Å²) in [4.78, 5) is 37.6. The number of aryl methyl sites for hydroxylation is 2. The van der Waals surface area contributed by atoms with Crippen LogP contribution in [-0.2, 0) is 4.79 Å². The number of piperidine rings is 1. The van der Waals surface area contributed by atoms with E-state index in [0.29, 0.717) is 49.2 Å². The Morgan fingerprint density at radius 2 is 1.94 bits per heavy atom. The average molecular weight is 420 g/mol. The second kappa shape index (κ2) is 7.98. The van der Waals surface area contributed by atoms with Gasteiger partial charge in [0.1, 0.15) is 11.4 Å². The van der Waals surface area contributed by atoms with E-state index in [4.69, 9.17) is 4.74 Å². The Morgan fingerprint density at radius 1 is 1.19 bits per heavy atom. The summed E-state index contributed by atoms with van der Waals surface area (Å²) in [6.45, 7) is 4.91. The van der Waals surface area contributed by atoms with E-state index in [1.807, 2.05) is 26.0 Å². The highest BCUT2D eigenvalue weighted by molar-refractivity contribution is 6.01. The minimum absolute atomic E-state index is 0.0144. The molecule has 7 nitrogen and oxygen atoms in total. The molecule has 0 aromatic heterocycles. The molecule has 0 unspecified atom stereocenters. The SMILES string of the molecule is Cc1cc(C)c2c(c1)C(=O)CC1(CCN(C(=O)/C=C/c3cccc([N+](=O)[O-])c3)CC1)O2. The first-order valence-electron chi connectivity index (χ1n) is 10.3.